The van der Waals surface area contributed by atoms with Crippen LogP contribution in [0.25, 0.3) is 5.69 Å². The molecule has 1 heterocycles. The minimum Gasteiger partial charge on any atom is -0.366 e. The SMILES string of the molecule is C1CCCC1.NC(=O)c1ccc(-n2ccccc2=O)cc1.NC(=O)c1ccc(Cl)cc1. The number of primary amides is 2. The van der Waals surface area contributed by atoms with E-state index in [1.165, 1.54) is 42.7 Å². The van der Waals surface area contributed by atoms with Crippen LogP contribution in [0.2, 0.25) is 5.02 Å². The van der Waals surface area contributed by atoms with Crippen molar-refractivity contribution in [3.05, 3.63) is 99.4 Å². The minimum absolute atomic E-state index is 0.116. The van der Waals surface area contributed by atoms with E-state index in [4.69, 9.17) is 23.1 Å². The van der Waals surface area contributed by atoms with Gasteiger partial charge in [0, 0.05) is 34.1 Å². The third-order valence-corrected chi connectivity index (χ3v) is 4.88. The van der Waals surface area contributed by atoms with Gasteiger partial charge in [-0.05, 0) is 54.6 Å². The van der Waals surface area contributed by atoms with E-state index in [1.807, 2.05) is 0 Å². The molecule has 0 aliphatic heterocycles. The minimum atomic E-state index is -0.480. The van der Waals surface area contributed by atoms with Crippen LogP contribution in [0.3, 0.4) is 0 Å². The van der Waals surface area contributed by atoms with Gasteiger partial charge in [-0.15, -0.1) is 0 Å². The fourth-order valence-corrected chi connectivity index (χ4v) is 3.05. The lowest BCUT2D eigenvalue weighted by molar-refractivity contribution is 0.0992. The summed E-state index contributed by atoms with van der Waals surface area (Å²) in [4.78, 5) is 32.9. The number of hydrogen-bond acceptors (Lipinski definition) is 3. The van der Waals surface area contributed by atoms with Gasteiger partial charge in [-0.1, -0.05) is 49.8 Å². The first-order chi connectivity index (χ1) is 14.9. The Labute approximate surface area is 186 Å². The lowest BCUT2D eigenvalue weighted by Gasteiger charge is -2.04. The fraction of sp³-hybridized carbons (Fsp3) is 0.208. The Morgan fingerprint density at radius 1 is 0.710 bits per heavy atom. The molecule has 7 heteroatoms. The predicted octanol–water partition coefficient (Wildman–Crippen LogP) is 4.33. The fourth-order valence-electron chi connectivity index (χ4n) is 2.93. The number of benzene rings is 2. The molecule has 3 aromatic rings. The van der Waals surface area contributed by atoms with Crippen molar-refractivity contribution >= 4 is 23.4 Å². The standard InChI is InChI=1S/C12H10N2O2.C7H6ClNO.C5H10/c13-12(16)9-4-6-10(7-5-9)14-8-2-1-3-11(14)15;8-6-3-1-5(2-4-6)7(9)10;1-2-4-5-3-1/h1-8H,(H2,13,16);1-4H,(H2,9,10);1-5H2. The van der Waals surface area contributed by atoms with Crippen LogP contribution in [0, 0.1) is 0 Å². The number of hydrogen-bond donors (Lipinski definition) is 2. The Morgan fingerprint density at radius 2 is 1.16 bits per heavy atom. The number of nitrogens with two attached hydrogens (primary N) is 2. The summed E-state index contributed by atoms with van der Waals surface area (Å²) < 4.78 is 1.49. The molecule has 4 rings (SSSR count). The Morgan fingerprint density at radius 3 is 1.58 bits per heavy atom. The lowest BCUT2D eigenvalue weighted by Crippen LogP contribution is -2.16. The third kappa shape index (κ3) is 8.10. The van der Waals surface area contributed by atoms with Crippen molar-refractivity contribution in [1.29, 1.82) is 0 Å². The van der Waals surface area contributed by atoms with Gasteiger partial charge in [0.1, 0.15) is 0 Å². The first kappa shape index (κ1) is 23.9. The van der Waals surface area contributed by atoms with Crippen molar-refractivity contribution in [2.45, 2.75) is 32.1 Å². The number of aromatic nitrogens is 1. The Kier molecular flexibility index (Phi) is 9.52. The van der Waals surface area contributed by atoms with Gasteiger partial charge in [0.05, 0.1) is 0 Å². The molecule has 0 unspecified atom stereocenters. The molecule has 1 aliphatic carbocycles. The topological polar surface area (TPSA) is 108 Å². The Hall–Kier alpha value is -3.38. The maximum atomic E-state index is 11.5. The van der Waals surface area contributed by atoms with Crippen LogP contribution < -0.4 is 17.0 Å². The quantitative estimate of drug-likeness (QED) is 0.634. The second-order valence-electron chi connectivity index (χ2n) is 6.96. The zero-order valence-corrected chi connectivity index (χ0v) is 17.9. The number of carbonyl (C=O) groups is 2. The average molecular weight is 440 g/mol. The van der Waals surface area contributed by atoms with Gasteiger partial charge in [0.2, 0.25) is 11.8 Å². The highest BCUT2D eigenvalue weighted by atomic mass is 35.5. The number of rotatable bonds is 3. The molecule has 1 fully saturated rings. The largest absolute Gasteiger partial charge is 0.366 e. The lowest BCUT2D eigenvalue weighted by atomic mass is 10.2. The van der Waals surface area contributed by atoms with Crippen LogP contribution in [0.5, 0.6) is 0 Å². The maximum absolute atomic E-state index is 11.5. The summed E-state index contributed by atoms with van der Waals surface area (Å²) in [5.41, 5.74) is 11.6. The van der Waals surface area contributed by atoms with E-state index in [0.29, 0.717) is 21.8 Å². The highest BCUT2D eigenvalue weighted by molar-refractivity contribution is 6.30. The first-order valence-corrected chi connectivity index (χ1v) is 10.4. The zero-order chi connectivity index (χ0) is 22.6. The molecule has 0 radical (unpaired) electrons. The number of pyridine rings is 1. The molecule has 6 nitrogen and oxygen atoms in total. The van der Waals surface area contributed by atoms with Crippen molar-refractivity contribution in [3.8, 4) is 5.69 Å². The Balaban J connectivity index is 0.000000192. The first-order valence-electron chi connectivity index (χ1n) is 10.0. The predicted molar refractivity (Wildman–Crippen MR) is 124 cm³/mol. The second-order valence-corrected chi connectivity index (χ2v) is 7.40. The van der Waals surface area contributed by atoms with E-state index in [9.17, 15) is 14.4 Å². The monoisotopic (exact) mass is 439 g/mol. The van der Waals surface area contributed by atoms with Crippen LogP contribution in [0.15, 0.2) is 77.7 Å². The van der Waals surface area contributed by atoms with E-state index >= 15 is 0 Å². The molecule has 0 saturated heterocycles. The molecule has 4 N–H and O–H groups in total. The van der Waals surface area contributed by atoms with Gasteiger partial charge in [-0.3, -0.25) is 19.0 Å². The summed E-state index contributed by atoms with van der Waals surface area (Å²) in [7, 11) is 0. The molecule has 0 atom stereocenters. The molecular weight excluding hydrogens is 414 g/mol. The molecule has 1 saturated carbocycles. The summed E-state index contributed by atoms with van der Waals surface area (Å²) in [6.07, 6.45) is 9.17. The van der Waals surface area contributed by atoms with Crippen LogP contribution in [-0.4, -0.2) is 16.4 Å². The van der Waals surface area contributed by atoms with Gasteiger partial charge in [0.15, 0.2) is 0 Å². The summed E-state index contributed by atoms with van der Waals surface area (Å²) >= 11 is 5.56. The highest BCUT2D eigenvalue weighted by Gasteiger charge is 2.01. The van der Waals surface area contributed by atoms with E-state index in [2.05, 4.69) is 0 Å². The molecule has 2 aromatic carbocycles. The highest BCUT2D eigenvalue weighted by Crippen LogP contribution is 2.15. The van der Waals surface area contributed by atoms with Crippen molar-refractivity contribution in [1.82, 2.24) is 4.57 Å². The summed E-state index contributed by atoms with van der Waals surface area (Å²) in [6, 6.07) is 17.9. The number of amides is 2. The smallest absolute Gasteiger partial charge is 0.255 e. The van der Waals surface area contributed by atoms with Crippen molar-refractivity contribution in [3.63, 3.8) is 0 Å². The summed E-state index contributed by atoms with van der Waals surface area (Å²) in [5.74, 6) is -0.913. The van der Waals surface area contributed by atoms with Gasteiger partial charge in [0.25, 0.3) is 5.56 Å². The maximum Gasteiger partial charge on any atom is 0.255 e. The normalized spacial score (nSPS) is 12.0. The molecule has 0 spiro atoms. The number of nitrogens with zero attached hydrogens (tertiary/aromatic N) is 1. The van der Waals surface area contributed by atoms with E-state index in [0.717, 1.165) is 0 Å². The molecule has 0 bridgehead atoms. The molecule has 1 aromatic heterocycles. The summed E-state index contributed by atoms with van der Waals surface area (Å²) in [5, 5.41) is 0.602. The van der Waals surface area contributed by atoms with Gasteiger partial charge >= 0.3 is 0 Å². The van der Waals surface area contributed by atoms with Crippen molar-refractivity contribution in [2.75, 3.05) is 0 Å². The van der Waals surface area contributed by atoms with Gasteiger partial charge in [-0.25, -0.2) is 0 Å². The van der Waals surface area contributed by atoms with Crippen molar-refractivity contribution in [2.24, 2.45) is 11.5 Å². The van der Waals surface area contributed by atoms with Gasteiger partial charge in [-0.2, -0.15) is 0 Å². The zero-order valence-electron chi connectivity index (χ0n) is 17.2. The van der Waals surface area contributed by atoms with E-state index < -0.39 is 11.8 Å². The van der Waals surface area contributed by atoms with E-state index in [-0.39, 0.29) is 5.56 Å². The van der Waals surface area contributed by atoms with Crippen LogP contribution in [-0.2, 0) is 0 Å². The van der Waals surface area contributed by atoms with Crippen LogP contribution in [0.1, 0.15) is 52.8 Å². The number of carbonyl (C=O) groups excluding carboxylic acids is 2. The van der Waals surface area contributed by atoms with Crippen LogP contribution in [0.4, 0.5) is 0 Å². The second kappa shape index (κ2) is 12.3. The Bertz CT molecular complexity index is 1030. The molecule has 2 amide bonds. The average Bonchev–Trinajstić information content (AvgIpc) is 3.35. The molecule has 31 heavy (non-hydrogen) atoms. The molecule has 1 aliphatic rings. The molecular formula is C24H26ClN3O3. The third-order valence-electron chi connectivity index (χ3n) is 4.63. The van der Waals surface area contributed by atoms with Crippen LogP contribution >= 0.6 is 11.6 Å². The molecule has 162 valence electrons. The van der Waals surface area contributed by atoms with Gasteiger partial charge < -0.3 is 11.5 Å². The summed E-state index contributed by atoms with van der Waals surface area (Å²) in [6.45, 7) is 0. The number of halogens is 1. The van der Waals surface area contributed by atoms with E-state index in [1.54, 1.807) is 66.9 Å². The van der Waals surface area contributed by atoms with Crippen molar-refractivity contribution < 1.29 is 9.59 Å².